The lowest BCUT2D eigenvalue weighted by atomic mass is 10.0. The zero-order valence-corrected chi connectivity index (χ0v) is 16.3. The highest BCUT2D eigenvalue weighted by Crippen LogP contribution is 2.39. The molecule has 1 aliphatic rings. The van der Waals surface area contributed by atoms with Crippen LogP contribution in [0.1, 0.15) is 50.7 Å². The van der Waals surface area contributed by atoms with Crippen molar-refractivity contribution in [2.45, 2.75) is 58.3 Å². The minimum absolute atomic E-state index is 0.0142. The summed E-state index contributed by atoms with van der Waals surface area (Å²) in [6.45, 7) is 4.49. The fraction of sp³-hybridized carbons (Fsp3) is 0.500. The number of carbonyl (C=O) groups excluding carboxylic acids is 1. The summed E-state index contributed by atoms with van der Waals surface area (Å²) in [4.78, 5) is 18.0. The third-order valence-corrected chi connectivity index (χ3v) is 5.09. The average Bonchev–Trinajstić information content (AvgIpc) is 3.12. The molecule has 3 rings (SSSR count). The summed E-state index contributed by atoms with van der Waals surface area (Å²) in [7, 11) is 0. The highest BCUT2D eigenvalue weighted by atomic mass is 19.4. The van der Waals surface area contributed by atoms with Gasteiger partial charge in [-0.25, -0.2) is 4.98 Å². The number of hydrogen-bond donors (Lipinski definition) is 0. The van der Waals surface area contributed by atoms with Gasteiger partial charge in [0.1, 0.15) is 17.5 Å². The van der Waals surface area contributed by atoms with Crippen LogP contribution >= 0.6 is 0 Å². The van der Waals surface area contributed by atoms with Gasteiger partial charge >= 0.3 is 6.18 Å². The molecule has 0 unspecified atom stereocenters. The number of anilines is 1. The summed E-state index contributed by atoms with van der Waals surface area (Å²) in [5.41, 5.74) is -1.02. The van der Waals surface area contributed by atoms with Gasteiger partial charge in [-0.2, -0.15) is 23.5 Å². The molecule has 0 N–H and O–H groups in total. The van der Waals surface area contributed by atoms with Crippen molar-refractivity contribution in [1.29, 1.82) is 5.26 Å². The van der Waals surface area contributed by atoms with Crippen LogP contribution in [0.4, 0.5) is 19.0 Å². The largest absolute Gasteiger partial charge is 0.417 e. The van der Waals surface area contributed by atoms with Crippen molar-refractivity contribution in [1.82, 2.24) is 14.8 Å². The van der Waals surface area contributed by atoms with Crippen molar-refractivity contribution >= 4 is 11.6 Å². The van der Waals surface area contributed by atoms with Gasteiger partial charge < -0.3 is 4.90 Å². The van der Waals surface area contributed by atoms with Crippen molar-refractivity contribution in [3.63, 3.8) is 0 Å². The molecule has 1 atom stereocenters. The lowest BCUT2D eigenvalue weighted by Gasteiger charge is -2.40. The summed E-state index contributed by atoms with van der Waals surface area (Å²) < 4.78 is 42.3. The van der Waals surface area contributed by atoms with Crippen LogP contribution in [-0.4, -0.2) is 33.1 Å². The van der Waals surface area contributed by atoms with Gasteiger partial charge in [-0.3, -0.25) is 9.48 Å². The van der Waals surface area contributed by atoms with Crippen molar-refractivity contribution in [3.05, 3.63) is 29.6 Å². The lowest BCUT2D eigenvalue weighted by Crippen LogP contribution is -2.46. The molecule has 154 valence electrons. The molecule has 0 aliphatic carbocycles. The maximum absolute atomic E-state index is 13.6. The first kappa shape index (κ1) is 20.8. The fourth-order valence-electron chi connectivity index (χ4n) is 3.27. The number of nitriles is 1. The molecule has 3 heterocycles. The first-order chi connectivity index (χ1) is 13.7. The molecule has 9 heteroatoms. The normalized spacial score (nSPS) is 16.4. The summed E-state index contributed by atoms with van der Waals surface area (Å²) in [5, 5.41) is 13.5. The minimum Gasteiger partial charge on any atom is -0.353 e. The number of carbonyl (C=O) groups is 1. The number of aromatic nitrogens is 3. The topological polar surface area (TPSA) is 74.8 Å². The van der Waals surface area contributed by atoms with Gasteiger partial charge in [0.25, 0.3) is 0 Å². The van der Waals surface area contributed by atoms with Crippen molar-refractivity contribution in [3.8, 4) is 17.3 Å². The van der Waals surface area contributed by atoms with Crippen molar-refractivity contribution < 1.29 is 18.0 Å². The monoisotopic (exact) mass is 405 g/mol. The molecule has 0 saturated carbocycles. The van der Waals surface area contributed by atoms with Crippen LogP contribution in [0.15, 0.2) is 18.5 Å². The van der Waals surface area contributed by atoms with Crippen molar-refractivity contribution in [2.24, 2.45) is 0 Å². The summed E-state index contributed by atoms with van der Waals surface area (Å²) in [6.07, 6.45) is 1.19. The lowest BCUT2D eigenvalue weighted by molar-refractivity contribution is -0.137. The van der Waals surface area contributed by atoms with E-state index in [-0.39, 0.29) is 29.9 Å². The second kappa shape index (κ2) is 8.23. The SMILES string of the molecule is CCCCC(=O)Cn1cc(-c2cc(C(F)(F)F)c(C#N)c(N3CC[C@@H]3C)n2)cn1. The smallest absolute Gasteiger partial charge is 0.353 e. The van der Waals surface area contributed by atoms with E-state index in [9.17, 15) is 23.2 Å². The molecule has 6 nitrogen and oxygen atoms in total. The fourth-order valence-corrected chi connectivity index (χ4v) is 3.27. The van der Waals surface area contributed by atoms with Gasteiger partial charge in [-0.1, -0.05) is 13.3 Å². The quantitative estimate of drug-likeness (QED) is 0.690. The maximum Gasteiger partial charge on any atom is 0.417 e. The number of rotatable bonds is 7. The molecule has 0 aromatic carbocycles. The molecule has 0 amide bonds. The van der Waals surface area contributed by atoms with E-state index in [1.807, 2.05) is 13.8 Å². The van der Waals surface area contributed by atoms with Crippen LogP contribution in [0.2, 0.25) is 0 Å². The molecule has 0 bridgehead atoms. The Balaban J connectivity index is 1.99. The molecular weight excluding hydrogens is 383 g/mol. The Morgan fingerprint density at radius 2 is 2.17 bits per heavy atom. The van der Waals surface area contributed by atoms with E-state index in [2.05, 4.69) is 10.1 Å². The Hall–Kier alpha value is -2.89. The maximum atomic E-state index is 13.6. The first-order valence-electron chi connectivity index (χ1n) is 9.58. The standard InChI is InChI=1S/C20H22F3N5O/c1-3-4-5-15(29)12-27-11-14(10-25-27)18-8-17(20(21,22)23)16(9-24)19(26-18)28-7-6-13(28)2/h8,10-11,13H,3-7,12H2,1-2H3/t13-/m0/s1. The number of hydrogen-bond acceptors (Lipinski definition) is 5. The number of unbranched alkanes of at least 4 members (excludes halogenated alkanes) is 1. The zero-order chi connectivity index (χ0) is 21.2. The number of alkyl halides is 3. The van der Waals surface area contributed by atoms with E-state index >= 15 is 0 Å². The van der Waals surface area contributed by atoms with Gasteiger partial charge in [0.15, 0.2) is 5.78 Å². The van der Waals surface area contributed by atoms with E-state index in [1.165, 1.54) is 17.1 Å². The third kappa shape index (κ3) is 4.42. The highest BCUT2D eigenvalue weighted by molar-refractivity contribution is 5.78. The molecule has 0 radical (unpaired) electrons. The van der Waals surface area contributed by atoms with Gasteiger partial charge in [0.05, 0.1) is 24.0 Å². The molecule has 1 saturated heterocycles. The molecular formula is C20H22F3N5O. The highest BCUT2D eigenvalue weighted by Gasteiger charge is 2.38. The van der Waals surface area contributed by atoms with Crippen LogP contribution in [0.5, 0.6) is 0 Å². The molecule has 1 aliphatic heterocycles. The Morgan fingerprint density at radius 1 is 1.41 bits per heavy atom. The summed E-state index contributed by atoms with van der Waals surface area (Å²) in [5.74, 6) is 0.0585. The average molecular weight is 405 g/mol. The Bertz CT molecular complexity index is 945. The van der Waals surface area contributed by atoms with Crippen molar-refractivity contribution in [2.75, 3.05) is 11.4 Å². The van der Waals surface area contributed by atoms with Crippen LogP contribution < -0.4 is 4.90 Å². The summed E-state index contributed by atoms with van der Waals surface area (Å²) >= 11 is 0. The third-order valence-electron chi connectivity index (χ3n) is 5.09. The number of pyridine rings is 1. The van der Waals surface area contributed by atoms with E-state index in [4.69, 9.17) is 0 Å². The Labute approximate surface area is 166 Å². The van der Waals surface area contributed by atoms with Gasteiger partial charge in [0, 0.05) is 30.8 Å². The molecule has 2 aromatic heterocycles. The van der Waals surface area contributed by atoms with E-state index < -0.39 is 17.3 Å². The van der Waals surface area contributed by atoms with Crippen LogP contribution in [0, 0.1) is 11.3 Å². The number of Topliss-reactive ketones (excluding diaryl/α,β-unsaturated/α-hetero) is 1. The molecule has 0 spiro atoms. The first-order valence-corrected chi connectivity index (χ1v) is 9.58. The predicted octanol–water partition coefficient (Wildman–Crippen LogP) is 4.19. The second-order valence-corrected chi connectivity index (χ2v) is 7.26. The van der Waals surface area contributed by atoms with Gasteiger partial charge in [-0.15, -0.1) is 0 Å². The zero-order valence-electron chi connectivity index (χ0n) is 16.3. The number of nitrogens with zero attached hydrogens (tertiary/aromatic N) is 5. The van der Waals surface area contributed by atoms with E-state index in [0.717, 1.165) is 25.3 Å². The van der Waals surface area contributed by atoms with Gasteiger partial charge in [0.2, 0.25) is 0 Å². The van der Waals surface area contributed by atoms with Crippen LogP contribution in [-0.2, 0) is 17.5 Å². The Kier molecular flexibility index (Phi) is 5.91. The predicted molar refractivity (Wildman–Crippen MR) is 101 cm³/mol. The van der Waals surface area contributed by atoms with Gasteiger partial charge in [-0.05, 0) is 25.8 Å². The Morgan fingerprint density at radius 3 is 2.72 bits per heavy atom. The molecule has 29 heavy (non-hydrogen) atoms. The molecule has 2 aromatic rings. The summed E-state index contributed by atoms with van der Waals surface area (Å²) in [6, 6.07) is 2.58. The van der Waals surface area contributed by atoms with E-state index in [0.29, 0.717) is 18.5 Å². The van der Waals surface area contributed by atoms with Crippen LogP contribution in [0.25, 0.3) is 11.3 Å². The minimum atomic E-state index is -4.68. The van der Waals surface area contributed by atoms with Crippen LogP contribution in [0.3, 0.4) is 0 Å². The number of ketones is 1. The number of halogens is 3. The molecule has 1 fully saturated rings. The second-order valence-electron chi connectivity index (χ2n) is 7.26. The van der Waals surface area contributed by atoms with E-state index in [1.54, 1.807) is 11.0 Å².